The molecule has 108 valence electrons. The molecular weight excluding hydrogens is 330 g/mol. The molecule has 1 heterocycles. The summed E-state index contributed by atoms with van der Waals surface area (Å²) < 4.78 is 29.0. The molecular formula is C13H15BrF2N4. The van der Waals surface area contributed by atoms with Gasteiger partial charge in [0.1, 0.15) is 11.6 Å². The Morgan fingerprint density at radius 3 is 2.60 bits per heavy atom. The average Bonchev–Trinajstić information content (AvgIpc) is 2.69. The number of hydrogen-bond acceptors (Lipinski definition) is 3. The Bertz CT molecular complexity index is 602. The Morgan fingerprint density at radius 2 is 2.05 bits per heavy atom. The molecule has 0 amide bonds. The highest BCUT2D eigenvalue weighted by molar-refractivity contribution is 9.10. The Hall–Kier alpha value is -1.63. The molecule has 0 atom stereocenters. The molecule has 0 bridgehead atoms. The van der Waals surface area contributed by atoms with E-state index in [1.165, 1.54) is 6.07 Å². The van der Waals surface area contributed by atoms with Crippen molar-refractivity contribution in [1.82, 2.24) is 9.55 Å². The maximum atomic E-state index is 13.7. The van der Waals surface area contributed by atoms with Gasteiger partial charge in [-0.25, -0.2) is 13.8 Å². The molecule has 1 N–H and O–H groups in total. The Labute approximate surface area is 124 Å². The van der Waals surface area contributed by atoms with Crippen LogP contribution in [-0.4, -0.2) is 23.6 Å². The monoisotopic (exact) mass is 344 g/mol. The van der Waals surface area contributed by atoms with E-state index in [-0.39, 0.29) is 5.69 Å². The van der Waals surface area contributed by atoms with Crippen LogP contribution < -0.4 is 10.2 Å². The third-order valence-corrected chi connectivity index (χ3v) is 3.54. The van der Waals surface area contributed by atoms with Crippen LogP contribution in [0.5, 0.6) is 0 Å². The molecule has 7 heteroatoms. The maximum absolute atomic E-state index is 13.7. The molecule has 0 spiro atoms. The summed E-state index contributed by atoms with van der Waals surface area (Å²) in [6.45, 7) is 0.387. The van der Waals surface area contributed by atoms with E-state index < -0.39 is 11.6 Å². The lowest BCUT2D eigenvalue weighted by molar-refractivity contribution is 0.583. The first-order valence-electron chi connectivity index (χ1n) is 5.96. The maximum Gasteiger partial charge on any atom is 0.204 e. The molecule has 1 aromatic heterocycles. The molecule has 0 aliphatic heterocycles. The van der Waals surface area contributed by atoms with Crippen LogP contribution in [0.3, 0.4) is 0 Å². The zero-order chi connectivity index (χ0) is 14.9. The van der Waals surface area contributed by atoms with E-state index in [0.29, 0.717) is 11.0 Å². The number of anilines is 2. The third-order valence-electron chi connectivity index (χ3n) is 2.91. The van der Waals surface area contributed by atoms with Crippen LogP contribution in [0.1, 0.15) is 5.69 Å². The first kappa shape index (κ1) is 14.8. The number of aromatic nitrogens is 2. The first-order chi connectivity index (χ1) is 9.40. The van der Waals surface area contributed by atoms with Gasteiger partial charge in [-0.3, -0.25) is 0 Å². The fourth-order valence-electron chi connectivity index (χ4n) is 1.90. The Morgan fingerprint density at radius 1 is 1.35 bits per heavy atom. The van der Waals surface area contributed by atoms with Crippen molar-refractivity contribution in [2.45, 2.75) is 6.54 Å². The van der Waals surface area contributed by atoms with Gasteiger partial charge in [0.25, 0.3) is 0 Å². The van der Waals surface area contributed by atoms with Crippen molar-refractivity contribution in [2.24, 2.45) is 7.05 Å². The summed E-state index contributed by atoms with van der Waals surface area (Å²) >= 11 is 3.15. The van der Waals surface area contributed by atoms with E-state index in [1.54, 1.807) is 6.20 Å². The summed E-state index contributed by atoms with van der Waals surface area (Å²) in [7, 11) is 5.68. The minimum absolute atomic E-state index is 0.235. The summed E-state index contributed by atoms with van der Waals surface area (Å²) in [5.41, 5.74) is 1.13. The first-order valence-corrected chi connectivity index (χ1v) is 6.75. The van der Waals surface area contributed by atoms with E-state index in [0.717, 1.165) is 17.7 Å². The molecule has 0 aliphatic rings. The predicted octanol–water partition coefficient (Wildman–Crippen LogP) is 3.14. The van der Waals surface area contributed by atoms with Crippen LogP contribution in [0.2, 0.25) is 0 Å². The van der Waals surface area contributed by atoms with Crippen molar-refractivity contribution < 1.29 is 8.78 Å². The van der Waals surface area contributed by atoms with Crippen molar-refractivity contribution in [2.75, 3.05) is 24.3 Å². The van der Waals surface area contributed by atoms with E-state index in [1.807, 2.05) is 30.6 Å². The van der Waals surface area contributed by atoms with Crippen LogP contribution in [0.25, 0.3) is 0 Å². The van der Waals surface area contributed by atoms with Gasteiger partial charge in [-0.1, -0.05) is 0 Å². The second-order valence-electron chi connectivity index (χ2n) is 4.60. The summed E-state index contributed by atoms with van der Waals surface area (Å²) in [5.74, 6) is -0.442. The quantitative estimate of drug-likeness (QED) is 0.924. The lowest BCUT2D eigenvalue weighted by atomic mass is 10.3. The summed E-state index contributed by atoms with van der Waals surface area (Å²) in [5, 5.41) is 2.95. The molecule has 0 unspecified atom stereocenters. The van der Waals surface area contributed by atoms with Gasteiger partial charge in [-0.05, 0) is 22.0 Å². The fraction of sp³-hybridized carbons (Fsp3) is 0.308. The molecule has 4 nitrogen and oxygen atoms in total. The van der Waals surface area contributed by atoms with Crippen LogP contribution >= 0.6 is 15.9 Å². The van der Waals surface area contributed by atoms with Crippen molar-refractivity contribution in [3.63, 3.8) is 0 Å². The molecule has 20 heavy (non-hydrogen) atoms. The summed E-state index contributed by atoms with van der Waals surface area (Å²) in [6, 6.07) is 2.07. The predicted molar refractivity (Wildman–Crippen MR) is 78.9 cm³/mol. The van der Waals surface area contributed by atoms with Crippen molar-refractivity contribution in [3.8, 4) is 0 Å². The van der Waals surface area contributed by atoms with E-state index in [9.17, 15) is 8.78 Å². The molecule has 0 saturated carbocycles. The van der Waals surface area contributed by atoms with Gasteiger partial charge in [-0.15, -0.1) is 0 Å². The van der Waals surface area contributed by atoms with Gasteiger partial charge in [0, 0.05) is 31.7 Å². The number of nitrogens with one attached hydrogen (secondary N) is 1. The normalized spacial score (nSPS) is 10.7. The standard InChI is InChI=1S/C13H15BrF2N4/c1-19(2)13-18-7-9(20(13)3)6-17-12-10(14)4-8(15)5-11(12)16/h4-5,7,17H,6H2,1-3H3. The molecule has 0 saturated heterocycles. The van der Waals surface area contributed by atoms with Crippen molar-refractivity contribution in [1.29, 1.82) is 0 Å². The molecule has 2 aromatic rings. The van der Waals surface area contributed by atoms with Crippen molar-refractivity contribution in [3.05, 3.63) is 40.1 Å². The largest absolute Gasteiger partial charge is 0.376 e. The minimum Gasteiger partial charge on any atom is -0.376 e. The number of hydrogen-bond donors (Lipinski definition) is 1. The smallest absolute Gasteiger partial charge is 0.204 e. The second kappa shape index (κ2) is 5.78. The highest BCUT2D eigenvalue weighted by Gasteiger charge is 2.12. The number of imidazole rings is 1. The van der Waals surface area contributed by atoms with E-state index in [4.69, 9.17) is 0 Å². The summed E-state index contributed by atoms with van der Waals surface area (Å²) in [6.07, 6.45) is 1.72. The zero-order valence-corrected chi connectivity index (χ0v) is 13.0. The average molecular weight is 345 g/mol. The molecule has 0 fully saturated rings. The molecule has 1 aromatic carbocycles. The van der Waals surface area contributed by atoms with E-state index >= 15 is 0 Å². The zero-order valence-electron chi connectivity index (χ0n) is 11.4. The Kier molecular flexibility index (Phi) is 4.27. The third kappa shape index (κ3) is 2.92. The highest BCUT2D eigenvalue weighted by atomic mass is 79.9. The molecule has 0 aliphatic carbocycles. The number of nitrogens with zero attached hydrogens (tertiary/aromatic N) is 3. The number of benzene rings is 1. The van der Waals surface area contributed by atoms with Gasteiger partial charge >= 0.3 is 0 Å². The lowest BCUT2D eigenvalue weighted by Gasteiger charge is -2.14. The highest BCUT2D eigenvalue weighted by Crippen LogP contribution is 2.27. The van der Waals surface area contributed by atoms with Gasteiger partial charge in [-0.2, -0.15) is 0 Å². The van der Waals surface area contributed by atoms with E-state index in [2.05, 4.69) is 26.2 Å². The van der Waals surface area contributed by atoms with Gasteiger partial charge in [0.2, 0.25) is 5.95 Å². The minimum atomic E-state index is -0.633. The fourth-order valence-corrected chi connectivity index (χ4v) is 2.45. The van der Waals surface area contributed by atoms with Crippen LogP contribution in [0.15, 0.2) is 22.8 Å². The number of rotatable bonds is 4. The van der Waals surface area contributed by atoms with Gasteiger partial charge in [0.15, 0.2) is 0 Å². The lowest BCUT2D eigenvalue weighted by Crippen LogP contribution is -2.15. The molecule has 0 radical (unpaired) electrons. The van der Waals surface area contributed by atoms with Crippen LogP contribution in [0, 0.1) is 11.6 Å². The van der Waals surface area contributed by atoms with Crippen molar-refractivity contribution >= 4 is 27.6 Å². The SMILES string of the molecule is CN(C)c1ncc(CNc2c(F)cc(F)cc2Br)n1C. The topological polar surface area (TPSA) is 33.1 Å². The van der Waals surface area contributed by atoms with Crippen LogP contribution in [-0.2, 0) is 13.6 Å². The number of halogens is 3. The second-order valence-corrected chi connectivity index (χ2v) is 5.46. The Balaban J connectivity index is 2.17. The van der Waals surface area contributed by atoms with Crippen LogP contribution in [0.4, 0.5) is 20.4 Å². The van der Waals surface area contributed by atoms with Gasteiger partial charge in [0.05, 0.1) is 24.1 Å². The van der Waals surface area contributed by atoms with Gasteiger partial charge < -0.3 is 14.8 Å². The summed E-state index contributed by atoms with van der Waals surface area (Å²) in [4.78, 5) is 6.16. The molecule has 2 rings (SSSR count).